The van der Waals surface area contributed by atoms with E-state index >= 15 is 0 Å². The summed E-state index contributed by atoms with van der Waals surface area (Å²) in [6.07, 6.45) is 0. The van der Waals surface area contributed by atoms with Crippen molar-refractivity contribution in [2.75, 3.05) is 18.2 Å². The van der Waals surface area contributed by atoms with Crippen molar-refractivity contribution in [2.45, 2.75) is 6.92 Å². The number of nitro benzene ring substituents is 1. The normalized spacial score (nSPS) is 10.1. The molecule has 22 heavy (non-hydrogen) atoms. The number of nitrogen functional groups attached to an aromatic ring is 1. The maximum atomic E-state index is 12.2. The lowest BCUT2D eigenvalue weighted by molar-refractivity contribution is -0.385. The highest BCUT2D eigenvalue weighted by Crippen LogP contribution is 2.28. The summed E-state index contributed by atoms with van der Waals surface area (Å²) in [4.78, 5) is 22.5. The number of amides is 1. The number of carbonyl (C=O) groups excluding carboxylic acids is 1. The molecule has 0 saturated heterocycles. The van der Waals surface area contributed by atoms with E-state index in [0.29, 0.717) is 11.4 Å². The van der Waals surface area contributed by atoms with E-state index in [-0.39, 0.29) is 17.0 Å². The van der Waals surface area contributed by atoms with Crippen molar-refractivity contribution in [3.63, 3.8) is 0 Å². The van der Waals surface area contributed by atoms with Crippen molar-refractivity contribution in [3.05, 3.63) is 57.6 Å². The van der Waals surface area contributed by atoms with Crippen LogP contribution < -0.4 is 15.8 Å². The molecule has 0 aromatic heterocycles. The Morgan fingerprint density at radius 1 is 1.27 bits per heavy atom. The fraction of sp³-hybridized carbons (Fsp3) is 0.133. The molecule has 1 amide bonds. The molecule has 0 radical (unpaired) electrons. The summed E-state index contributed by atoms with van der Waals surface area (Å²) >= 11 is 0. The first-order valence-electron chi connectivity index (χ1n) is 6.42. The van der Waals surface area contributed by atoms with Crippen LogP contribution in [0.4, 0.5) is 17.1 Å². The lowest BCUT2D eigenvalue weighted by Crippen LogP contribution is -2.13. The quantitative estimate of drug-likeness (QED) is 0.513. The number of nitrogens with two attached hydrogens (primary N) is 1. The highest BCUT2D eigenvalue weighted by molar-refractivity contribution is 6.06. The Bertz CT molecular complexity index is 744. The second-order valence-electron chi connectivity index (χ2n) is 4.69. The number of rotatable bonds is 4. The SMILES string of the molecule is COc1cc(C(=O)Nc2ccc(C)cc2N)ccc1[N+](=O)[O-]. The smallest absolute Gasteiger partial charge is 0.310 e. The van der Waals surface area contributed by atoms with Crippen LogP contribution in [0.2, 0.25) is 0 Å². The second-order valence-corrected chi connectivity index (χ2v) is 4.69. The van der Waals surface area contributed by atoms with Crippen LogP contribution in [-0.4, -0.2) is 17.9 Å². The molecule has 0 aliphatic carbocycles. The molecule has 7 nitrogen and oxygen atoms in total. The molecular formula is C15H15N3O4. The molecule has 7 heteroatoms. The van der Waals surface area contributed by atoms with Crippen LogP contribution in [0.3, 0.4) is 0 Å². The van der Waals surface area contributed by atoms with Gasteiger partial charge in [0.05, 0.1) is 23.4 Å². The van der Waals surface area contributed by atoms with Gasteiger partial charge in [-0.15, -0.1) is 0 Å². The van der Waals surface area contributed by atoms with Crippen LogP contribution in [0.25, 0.3) is 0 Å². The van der Waals surface area contributed by atoms with E-state index in [2.05, 4.69) is 5.32 Å². The van der Waals surface area contributed by atoms with E-state index in [1.165, 1.54) is 25.3 Å². The van der Waals surface area contributed by atoms with Crippen LogP contribution in [0.1, 0.15) is 15.9 Å². The number of hydrogen-bond acceptors (Lipinski definition) is 5. The Morgan fingerprint density at radius 2 is 2.00 bits per heavy atom. The summed E-state index contributed by atoms with van der Waals surface area (Å²) in [7, 11) is 1.31. The molecule has 0 spiro atoms. The van der Waals surface area contributed by atoms with E-state index in [1.54, 1.807) is 12.1 Å². The molecule has 114 valence electrons. The molecule has 3 N–H and O–H groups in total. The number of nitro groups is 1. The van der Waals surface area contributed by atoms with Gasteiger partial charge in [0.25, 0.3) is 5.91 Å². The van der Waals surface area contributed by atoms with Gasteiger partial charge >= 0.3 is 5.69 Å². The van der Waals surface area contributed by atoms with Gasteiger partial charge in [0.15, 0.2) is 5.75 Å². The number of anilines is 2. The monoisotopic (exact) mass is 301 g/mol. The zero-order chi connectivity index (χ0) is 16.3. The van der Waals surface area contributed by atoms with Crippen molar-refractivity contribution in [2.24, 2.45) is 0 Å². The Morgan fingerprint density at radius 3 is 2.59 bits per heavy atom. The van der Waals surface area contributed by atoms with Crippen molar-refractivity contribution in [1.82, 2.24) is 0 Å². The zero-order valence-corrected chi connectivity index (χ0v) is 12.1. The maximum Gasteiger partial charge on any atom is 0.310 e. The van der Waals surface area contributed by atoms with E-state index in [0.717, 1.165) is 5.56 Å². The number of carbonyl (C=O) groups is 1. The summed E-state index contributed by atoms with van der Waals surface area (Å²) < 4.78 is 4.94. The molecule has 0 aliphatic rings. The number of nitrogens with zero attached hydrogens (tertiary/aromatic N) is 1. The summed E-state index contributed by atoms with van der Waals surface area (Å²) in [6.45, 7) is 1.89. The number of aryl methyl sites for hydroxylation is 1. The predicted molar refractivity (Wildman–Crippen MR) is 83.2 cm³/mol. The van der Waals surface area contributed by atoms with Crippen molar-refractivity contribution < 1.29 is 14.5 Å². The first-order chi connectivity index (χ1) is 10.4. The zero-order valence-electron chi connectivity index (χ0n) is 12.1. The highest BCUT2D eigenvalue weighted by Gasteiger charge is 2.17. The minimum atomic E-state index is -0.571. The first-order valence-corrected chi connectivity index (χ1v) is 6.42. The van der Waals surface area contributed by atoms with Gasteiger partial charge in [0.1, 0.15) is 0 Å². The maximum absolute atomic E-state index is 12.2. The van der Waals surface area contributed by atoms with Gasteiger partial charge in [-0.05, 0) is 30.7 Å². The molecule has 0 bridgehead atoms. The number of methoxy groups -OCH3 is 1. The van der Waals surface area contributed by atoms with Crippen LogP contribution >= 0.6 is 0 Å². The van der Waals surface area contributed by atoms with E-state index < -0.39 is 10.8 Å². The second kappa shape index (κ2) is 6.13. The largest absolute Gasteiger partial charge is 0.490 e. The van der Waals surface area contributed by atoms with E-state index in [1.807, 2.05) is 13.0 Å². The molecular weight excluding hydrogens is 286 g/mol. The Kier molecular flexibility index (Phi) is 4.26. The number of hydrogen-bond donors (Lipinski definition) is 2. The predicted octanol–water partition coefficient (Wildman–Crippen LogP) is 2.75. The fourth-order valence-electron chi connectivity index (χ4n) is 1.96. The number of nitrogens with one attached hydrogen (secondary N) is 1. The average molecular weight is 301 g/mol. The number of benzene rings is 2. The van der Waals surface area contributed by atoms with Gasteiger partial charge in [-0.3, -0.25) is 14.9 Å². The standard InChI is InChI=1S/C15H15N3O4/c1-9-3-5-12(11(16)7-9)17-15(19)10-4-6-13(18(20)21)14(8-10)22-2/h3-8H,16H2,1-2H3,(H,17,19). The highest BCUT2D eigenvalue weighted by atomic mass is 16.6. The van der Waals surface area contributed by atoms with Crippen molar-refractivity contribution in [1.29, 1.82) is 0 Å². The molecule has 2 aromatic rings. The van der Waals surface area contributed by atoms with Gasteiger partial charge in [0, 0.05) is 17.7 Å². The van der Waals surface area contributed by atoms with Crippen LogP contribution in [0.15, 0.2) is 36.4 Å². The van der Waals surface area contributed by atoms with Gasteiger partial charge in [-0.2, -0.15) is 0 Å². The van der Waals surface area contributed by atoms with E-state index in [9.17, 15) is 14.9 Å². The third-order valence-electron chi connectivity index (χ3n) is 3.09. The van der Waals surface area contributed by atoms with Gasteiger partial charge in [-0.25, -0.2) is 0 Å². The lowest BCUT2D eigenvalue weighted by Gasteiger charge is -2.10. The van der Waals surface area contributed by atoms with Crippen LogP contribution in [0.5, 0.6) is 5.75 Å². The molecule has 0 unspecified atom stereocenters. The molecule has 0 aliphatic heterocycles. The third kappa shape index (κ3) is 3.14. The van der Waals surface area contributed by atoms with E-state index in [4.69, 9.17) is 10.5 Å². The van der Waals surface area contributed by atoms with Gasteiger partial charge < -0.3 is 15.8 Å². The Balaban J connectivity index is 2.28. The molecule has 0 fully saturated rings. The topological polar surface area (TPSA) is 107 Å². The molecule has 0 saturated carbocycles. The Labute approximate surface area is 126 Å². The summed E-state index contributed by atoms with van der Waals surface area (Å²) in [6, 6.07) is 9.17. The summed E-state index contributed by atoms with van der Waals surface area (Å²) in [5.41, 5.74) is 7.78. The molecule has 2 aromatic carbocycles. The fourth-order valence-corrected chi connectivity index (χ4v) is 1.96. The van der Waals surface area contributed by atoms with Crippen LogP contribution in [-0.2, 0) is 0 Å². The average Bonchev–Trinajstić information content (AvgIpc) is 2.49. The minimum Gasteiger partial charge on any atom is -0.490 e. The van der Waals surface area contributed by atoms with Gasteiger partial charge in [0.2, 0.25) is 0 Å². The van der Waals surface area contributed by atoms with Gasteiger partial charge in [-0.1, -0.05) is 6.07 Å². The number of ether oxygens (including phenoxy) is 1. The molecule has 0 heterocycles. The first kappa shape index (κ1) is 15.3. The summed E-state index contributed by atoms with van der Waals surface area (Å²) in [5, 5.41) is 13.5. The summed E-state index contributed by atoms with van der Waals surface area (Å²) in [5.74, 6) is -0.404. The van der Waals surface area contributed by atoms with Crippen LogP contribution in [0, 0.1) is 17.0 Å². The molecule has 0 atom stereocenters. The third-order valence-corrected chi connectivity index (χ3v) is 3.09. The minimum absolute atomic E-state index is 0.0227. The lowest BCUT2D eigenvalue weighted by atomic mass is 10.1. The molecule has 2 rings (SSSR count). The van der Waals surface area contributed by atoms with Crippen molar-refractivity contribution in [3.8, 4) is 5.75 Å². The Hall–Kier alpha value is -3.09. The van der Waals surface area contributed by atoms with Crippen molar-refractivity contribution >= 4 is 23.0 Å².